The van der Waals surface area contributed by atoms with Crippen molar-refractivity contribution in [3.8, 4) is 0 Å². The topological polar surface area (TPSA) is 18.5 Å². The first kappa shape index (κ1) is 19.6. The molecule has 0 aromatic heterocycles. The van der Waals surface area contributed by atoms with Gasteiger partial charge < -0.3 is 9.16 Å². The summed E-state index contributed by atoms with van der Waals surface area (Å²) in [6.07, 6.45) is -1.16. The molecule has 1 heterocycles. The van der Waals surface area contributed by atoms with Crippen molar-refractivity contribution < 1.29 is 13.6 Å². The van der Waals surface area contributed by atoms with Gasteiger partial charge in [0.2, 0.25) is 0 Å². The van der Waals surface area contributed by atoms with Crippen molar-refractivity contribution in [2.24, 2.45) is 0 Å². The minimum absolute atomic E-state index is 0.107. The van der Waals surface area contributed by atoms with Crippen LogP contribution in [0.25, 0.3) is 0 Å². The number of hydrogen-bond donors (Lipinski definition) is 0. The van der Waals surface area contributed by atoms with Gasteiger partial charge in [-0.05, 0) is 15.4 Å². The van der Waals surface area contributed by atoms with E-state index in [1.54, 1.807) is 0 Å². The molecule has 140 valence electrons. The SMILES string of the molecule is CC(C)(C)[Si](OCC1CC(F)C(Cl)O1)(c1ccccc1)c1ccccc1. The van der Waals surface area contributed by atoms with Crippen LogP contribution < -0.4 is 10.4 Å². The molecule has 3 atom stereocenters. The zero-order valence-electron chi connectivity index (χ0n) is 15.5. The predicted molar refractivity (Wildman–Crippen MR) is 108 cm³/mol. The van der Waals surface area contributed by atoms with E-state index in [1.807, 2.05) is 36.4 Å². The van der Waals surface area contributed by atoms with E-state index < -0.39 is 20.1 Å². The van der Waals surface area contributed by atoms with Gasteiger partial charge >= 0.3 is 0 Å². The summed E-state index contributed by atoms with van der Waals surface area (Å²) in [5.41, 5.74) is -0.872. The maximum Gasteiger partial charge on any atom is 0.261 e. The molecular weight excluding hydrogens is 367 g/mol. The van der Waals surface area contributed by atoms with Gasteiger partial charge in [0, 0.05) is 6.42 Å². The standard InChI is InChI=1S/C21H26ClFO2Si/c1-21(2,3)26(17-10-6-4-7-11-17,18-12-8-5-9-13-18)24-15-16-14-19(23)20(22)25-16/h4-13,16,19-20H,14-15H2,1-3H3. The Bertz CT molecular complexity index is 655. The van der Waals surface area contributed by atoms with Gasteiger partial charge in [-0.15, -0.1) is 0 Å². The summed E-state index contributed by atoms with van der Waals surface area (Å²) < 4.78 is 26.0. The van der Waals surface area contributed by atoms with Gasteiger partial charge in [-0.25, -0.2) is 4.39 Å². The van der Waals surface area contributed by atoms with E-state index in [2.05, 4.69) is 45.0 Å². The van der Waals surface area contributed by atoms with E-state index in [9.17, 15) is 4.39 Å². The summed E-state index contributed by atoms with van der Waals surface area (Å²) in [5.74, 6) is 0. The number of halogens is 2. The fraction of sp³-hybridized carbons (Fsp3) is 0.429. The highest BCUT2D eigenvalue weighted by molar-refractivity contribution is 6.99. The molecule has 26 heavy (non-hydrogen) atoms. The summed E-state index contributed by atoms with van der Waals surface area (Å²) in [5, 5.41) is 2.30. The van der Waals surface area contributed by atoms with Crippen molar-refractivity contribution in [2.45, 2.75) is 50.1 Å². The third-order valence-corrected chi connectivity index (χ3v) is 10.4. The summed E-state index contributed by atoms with van der Waals surface area (Å²) in [4.78, 5) is 0. The molecule has 0 saturated carbocycles. The Morgan fingerprint density at radius 3 is 1.92 bits per heavy atom. The van der Waals surface area contributed by atoms with E-state index in [-0.39, 0.29) is 17.6 Å². The van der Waals surface area contributed by atoms with Crippen LogP contribution in [0.4, 0.5) is 4.39 Å². The number of ether oxygens (including phenoxy) is 1. The van der Waals surface area contributed by atoms with Crippen LogP contribution in [0.3, 0.4) is 0 Å². The molecule has 1 aliphatic heterocycles. The zero-order valence-corrected chi connectivity index (χ0v) is 17.2. The van der Waals surface area contributed by atoms with E-state index in [0.29, 0.717) is 6.61 Å². The number of hydrogen-bond acceptors (Lipinski definition) is 2. The Kier molecular flexibility index (Phi) is 5.87. The maximum atomic E-state index is 13.8. The normalized spacial score (nSPS) is 24.0. The minimum Gasteiger partial charge on any atom is -0.405 e. The molecule has 3 rings (SSSR count). The smallest absolute Gasteiger partial charge is 0.261 e. The molecule has 2 aromatic carbocycles. The summed E-state index contributed by atoms with van der Waals surface area (Å²) in [6.45, 7) is 7.00. The van der Waals surface area contributed by atoms with Crippen LogP contribution in [0, 0.1) is 0 Å². The fourth-order valence-electron chi connectivity index (χ4n) is 3.77. The minimum atomic E-state index is -2.61. The van der Waals surface area contributed by atoms with E-state index in [4.69, 9.17) is 20.8 Å². The molecule has 1 aliphatic rings. The highest BCUT2D eigenvalue weighted by Crippen LogP contribution is 2.37. The first-order valence-corrected chi connectivity index (χ1v) is 11.4. The Labute approximate surface area is 161 Å². The van der Waals surface area contributed by atoms with Crippen molar-refractivity contribution >= 4 is 30.3 Å². The maximum absolute atomic E-state index is 13.8. The highest BCUT2D eigenvalue weighted by atomic mass is 35.5. The third-order valence-electron chi connectivity index (χ3n) is 5.00. The predicted octanol–water partition coefficient (Wildman–Crippen LogP) is 4.25. The van der Waals surface area contributed by atoms with Crippen molar-refractivity contribution in [3.63, 3.8) is 0 Å². The zero-order chi connectivity index (χ0) is 18.8. The van der Waals surface area contributed by atoms with Gasteiger partial charge in [0.25, 0.3) is 8.32 Å². The average molecular weight is 393 g/mol. The molecule has 0 bridgehead atoms. The second kappa shape index (κ2) is 7.81. The Hall–Kier alpha value is -1.20. The molecule has 2 aromatic rings. The van der Waals surface area contributed by atoms with Crippen molar-refractivity contribution in [1.29, 1.82) is 0 Å². The van der Waals surface area contributed by atoms with Crippen LogP contribution >= 0.6 is 11.6 Å². The second-order valence-electron chi connectivity index (χ2n) is 7.84. The summed E-state index contributed by atoms with van der Waals surface area (Å²) in [6, 6.07) is 20.8. The van der Waals surface area contributed by atoms with Crippen LogP contribution in [-0.2, 0) is 9.16 Å². The number of benzene rings is 2. The van der Waals surface area contributed by atoms with Gasteiger partial charge in [0.05, 0.1) is 12.7 Å². The molecule has 5 heteroatoms. The monoisotopic (exact) mass is 392 g/mol. The first-order valence-electron chi connectivity index (χ1n) is 9.03. The third kappa shape index (κ3) is 3.74. The molecule has 0 radical (unpaired) electrons. The first-order chi connectivity index (χ1) is 12.3. The van der Waals surface area contributed by atoms with Gasteiger partial charge in [-0.1, -0.05) is 93.0 Å². The van der Waals surface area contributed by atoms with Crippen LogP contribution in [0.15, 0.2) is 60.7 Å². The van der Waals surface area contributed by atoms with Crippen LogP contribution in [0.2, 0.25) is 5.04 Å². The van der Waals surface area contributed by atoms with Crippen LogP contribution in [0.1, 0.15) is 27.2 Å². The molecule has 3 unspecified atom stereocenters. The van der Waals surface area contributed by atoms with Crippen LogP contribution in [0.5, 0.6) is 0 Å². The van der Waals surface area contributed by atoms with Gasteiger partial charge in [-0.2, -0.15) is 0 Å². The number of rotatable bonds is 5. The molecule has 0 spiro atoms. The quantitative estimate of drug-likeness (QED) is 0.559. The lowest BCUT2D eigenvalue weighted by Crippen LogP contribution is -2.67. The second-order valence-corrected chi connectivity index (χ2v) is 12.6. The lowest BCUT2D eigenvalue weighted by molar-refractivity contribution is 0.0428. The molecule has 1 fully saturated rings. The molecule has 0 aliphatic carbocycles. The molecular formula is C21H26ClFO2Si. The van der Waals surface area contributed by atoms with E-state index in [1.165, 1.54) is 10.4 Å². The van der Waals surface area contributed by atoms with Gasteiger partial charge in [0.15, 0.2) is 5.56 Å². The van der Waals surface area contributed by atoms with E-state index >= 15 is 0 Å². The molecule has 2 nitrogen and oxygen atoms in total. The van der Waals surface area contributed by atoms with Gasteiger partial charge in [0.1, 0.15) is 6.17 Å². The van der Waals surface area contributed by atoms with Crippen molar-refractivity contribution in [1.82, 2.24) is 0 Å². The lowest BCUT2D eigenvalue weighted by atomic mass is 10.2. The van der Waals surface area contributed by atoms with Gasteiger partial charge in [-0.3, -0.25) is 0 Å². The Morgan fingerprint density at radius 1 is 1.04 bits per heavy atom. The fourth-order valence-corrected chi connectivity index (χ4v) is 8.61. The number of alkyl halides is 2. The molecule has 0 amide bonds. The Morgan fingerprint density at radius 2 is 1.54 bits per heavy atom. The lowest BCUT2D eigenvalue weighted by Gasteiger charge is -2.43. The molecule has 1 saturated heterocycles. The van der Waals surface area contributed by atoms with Crippen molar-refractivity contribution in [2.75, 3.05) is 6.61 Å². The summed E-state index contributed by atoms with van der Waals surface area (Å²) >= 11 is 5.89. The van der Waals surface area contributed by atoms with E-state index in [0.717, 1.165) is 0 Å². The largest absolute Gasteiger partial charge is 0.405 e. The molecule has 0 N–H and O–H groups in total. The van der Waals surface area contributed by atoms with Crippen LogP contribution in [-0.4, -0.2) is 32.8 Å². The summed E-state index contributed by atoms with van der Waals surface area (Å²) in [7, 11) is -2.61. The Balaban J connectivity index is 2.00. The van der Waals surface area contributed by atoms with Crippen molar-refractivity contribution in [3.05, 3.63) is 60.7 Å². The average Bonchev–Trinajstić information content (AvgIpc) is 2.94. The highest BCUT2D eigenvalue weighted by Gasteiger charge is 2.51.